The molecule has 0 saturated carbocycles. The first-order chi connectivity index (χ1) is 6.66. The van der Waals surface area contributed by atoms with Crippen LogP contribution in [0.25, 0.3) is 10.7 Å². The number of nitrogens with zero attached hydrogens (tertiary/aromatic N) is 2. The van der Waals surface area contributed by atoms with Crippen molar-refractivity contribution in [3.05, 3.63) is 28.4 Å². The van der Waals surface area contributed by atoms with Gasteiger partial charge in [0.25, 0.3) is 0 Å². The van der Waals surface area contributed by atoms with E-state index in [0.717, 1.165) is 14.9 Å². The van der Waals surface area contributed by atoms with Crippen molar-refractivity contribution in [1.82, 2.24) is 9.97 Å². The summed E-state index contributed by atoms with van der Waals surface area (Å²) in [6, 6.07) is 3.73. The molecule has 2 heterocycles. The van der Waals surface area contributed by atoms with Gasteiger partial charge in [0.15, 0.2) is 5.82 Å². The lowest BCUT2D eigenvalue weighted by molar-refractivity contribution is 1.12. The zero-order chi connectivity index (χ0) is 10.1. The number of halogens is 1. The third-order valence-corrected chi connectivity index (χ3v) is 3.04. The first-order valence-electron chi connectivity index (χ1n) is 4.01. The van der Waals surface area contributed by atoms with Crippen LogP contribution in [0.4, 0.5) is 5.69 Å². The van der Waals surface area contributed by atoms with Crippen LogP contribution in [0.2, 0.25) is 4.34 Å². The average molecular weight is 226 g/mol. The maximum absolute atomic E-state index is 5.82. The van der Waals surface area contributed by atoms with Gasteiger partial charge >= 0.3 is 0 Å². The second-order valence-electron chi connectivity index (χ2n) is 2.84. The van der Waals surface area contributed by atoms with E-state index in [9.17, 15) is 0 Å². The minimum atomic E-state index is 0.608. The topological polar surface area (TPSA) is 51.8 Å². The van der Waals surface area contributed by atoms with Crippen molar-refractivity contribution in [3.63, 3.8) is 0 Å². The van der Waals surface area contributed by atoms with Crippen LogP contribution in [0.15, 0.2) is 18.3 Å². The summed E-state index contributed by atoms with van der Waals surface area (Å²) in [5.74, 6) is 0.675. The zero-order valence-electron chi connectivity index (χ0n) is 7.49. The van der Waals surface area contributed by atoms with Crippen LogP contribution < -0.4 is 5.73 Å². The highest BCUT2D eigenvalue weighted by atomic mass is 35.5. The Morgan fingerprint density at radius 1 is 1.43 bits per heavy atom. The van der Waals surface area contributed by atoms with E-state index in [2.05, 4.69) is 9.97 Å². The van der Waals surface area contributed by atoms with Crippen molar-refractivity contribution in [2.75, 3.05) is 5.73 Å². The molecule has 0 spiro atoms. The van der Waals surface area contributed by atoms with Crippen molar-refractivity contribution in [3.8, 4) is 10.7 Å². The number of nitrogen functional groups attached to an aromatic ring is 1. The molecule has 14 heavy (non-hydrogen) atoms. The van der Waals surface area contributed by atoms with Gasteiger partial charge in [0.2, 0.25) is 0 Å². The van der Waals surface area contributed by atoms with E-state index < -0.39 is 0 Å². The average Bonchev–Trinajstić information content (AvgIpc) is 2.57. The van der Waals surface area contributed by atoms with Crippen LogP contribution in [0.5, 0.6) is 0 Å². The van der Waals surface area contributed by atoms with E-state index in [4.69, 9.17) is 17.3 Å². The fourth-order valence-corrected chi connectivity index (χ4v) is 2.01. The summed E-state index contributed by atoms with van der Waals surface area (Å²) in [5, 5.41) is 0. The number of rotatable bonds is 1. The third-order valence-electron chi connectivity index (χ3n) is 1.81. The van der Waals surface area contributed by atoms with Crippen molar-refractivity contribution < 1.29 is 0 Å². The molecule has 3 nitrogen and oxygen atoms in total. The van der Waals surface area contributed by atoms with E-state index in [0.29, 0.717) is 11.5 Å². The predicted octanol–water partition coefficient (Wildman–Crippen LogP) is 2.75. The lowest BCUT2D eigenvalue weighted by atomic mass is 10.3. The Balaban J connectivity index is 2.47. The van der Waals surface area contributed by atoms with Crippen LogP contribution in [-0.4, -0.2) is 9.97 Å². The highest BCUT2D eigenvalue weighted by molar-refractivity contribution is 7.19. The van der Waals surface area contributed by atoms with Crippen LogP contribution in [0.1, 0.15) is 5.69 Å². The maximum Gasteiger partial charge on any atom is 0.169 e. The number of aromatic nitrogens is 2. The van der Waals surface area contributed by atoms with Gasteiger partial charge in [-0.3, -0.25) is 0 Å². The lowest BCUT2D eigenvalue weighted by Gasteiger charge is -2.00. The third kappa shape index (κ3) is 1.71. The minimum absolute atomic E-state index is 0.608. The summed E-state index contributed by atoms with van der Waals surface area (Å²) in [7, 11) is 0. The van der Waals surface area contributed by atoms with Gasteiger partial charge in [-0.25, -0.2) is 9.97 Å². The fraction of sp³-hybridized carbons (Fsp3) is 0.111. The molecule has 72 valence electrons. The summed E-state index contributed by atoms with van der Waals surface area (Å²) in [6.07, 6.45) is 1.62. The maximum atomic E-state index is 5.82. The molecule has 0 unspecified atom stereocenters. The summed E-state index contributed by atoms with van der Waals surface area (Å²) in [6.45, 7) is 1.86. The molecule has 2 aromatic rings. The monoisotopic (exact) mass is 225 g/mol. The second kappa shape index (κ2) is 3.55. The van der Waals surface area contributed by atoms with Gasteiger partial charge in [0.05, 0.1) is 26.8 Å². The van der Waals surface area contributed by atoms with Gasteiger partial charge < -0.3 is 5.73 Å². The first-order valence-corrected chi connectivity index (χ1v) is 5.21. The molecular weight excluding hydrogens is 218 g/mol. The zero-order valence-corrected chi connectivity index (χ0v) is 9.06. The van der Waals surface area contributed by atoms with Crippen molar-refractivity contribution in [2.45, 2.75) is 6.92 Å². The molecule has 2 rings (SSSR count). The number of nitrogens with two attached hydrogens (primary N) is 1. The number of anilines is 1. The largest absolute Gasteiger partial charge is 0.396 e. The van der Waals surface area contributed by atoms with E-state index >= 15 is 0 Å². The molecule has 5 heteroatoms. The van der Waals surface area contributed by atoms with E-state index in [1.54, 1.807) is 6.20 Å². The lowest BCUT2D eigenvalue weighted by Crippen LogP contribution is -1.96. The summed E-state index contributed by atoms with van der Waals surface area (Å²) in [4.78, 5) is 9.37. The number of aryl methyl sites for hydroxylation is 1. The molecule has 0 radical (unpaired) electrons. The Morgan fingerprint density at radius 2 is 2.21 bits per heavy atom. The van der Waals surface area contributed by atoms with E-state index in [1.807, 2.05) is 19.1 Å². The van der Waals surface area contributed by atoms with Crippen LogP contribution in [-0.2, 0) is 0 Å². The molecule has 0 aliphatic heterocycles. The molecule has 0 aliphatic rings. The van der Waals surface area contributed by atoms with Gasteiger partial charge in [-0.05, 0) is 19.1 Å². The molecule has 0 bridgehead atoms. The van der Waals surface area contributed by atoms with Crippen molar-refractivity contribution >= 4 is 28.6 Å². The highest BCUT2D eigenvalue weighted by Gasteiger charge is 2.05. The summed E-state index contributed by atoms with van der Waals surface area (Å²) < 4.78 is 0.734. The fourth-order valence-electron chi connectivity index (χ4n) is 1.03. The van der Waals surface area contributed by atoms with E-state index in [-0.39, 0.29) is 0 Å². The number of hydrogen-bond donors (Lipinski definition) is 1. The SMILES string of the molecule is Cc1nc(-c2ccc(Cl)s2)ncc1N. The quantitative estimate of drug-likeness (QED) is 0.812. The molecule has 0 aliphatic carbocycles. The van der Waals surface area contributed by atoms with Crippen LogP contribution in [0, 0.1) is 6.92 Å². The molecular formula is C9H8ClN3S. The summed E-state index contributed by atoms with van der Waals surface area (Å²) in [5.41, 5.74) is 7.02. The van der Waals surface area contributed by atoms with Gasteiger partial charge in [-0.1, -0.05) is 11.6 Å². The Bertz CT molecular complexity index is 467. The molecule has 0 amide bonds. The van der Waals surface area contributed by atoms with Gasteiger partial charge in [-0.15, -0.1) is 11.3 Å². The normalized spacial score (nSPS) is 10.4. The standard InChI is InChI=1S/C9H8ClN3S/c1-5-6(11)4-12-9(13-5)7-2-3-8(10)14-7/h2-4H,11H2,1H3. The Hall–Kier alpha value is -1.13. The molecule has 0 aromatic carbocycles. The molecule has 0 saturated heterocycles. The molecule has 0 atom stereocenters. The summed E-state index contributed by atoms with van der Waals surface area (Å²) >= 11 is 7.27. The Morgan fingerprint density at radius 3 is 2.79 bits per heavy atom. The van der Waals surface area contributed by atoms with Crippen molar-refractivity contribution in [1.29, 1.82) is 0 Å². The van der Waals surface area contributed by atoms with Gasteiger partial charge in [0.1, 0.15) is 0 Å². The van der Waals surface area contributed by atoms with E-state index in [1.165, 1.54) is 11.3 Å². The molecule has 2 aromatic heterocycles. The minimum Gasteiger partial charge on any atom is -0.396 e. The Kier molecular flexibility index (Phi) is 2.39. The van der Waals surface area contributed by atoms with Crippen molar-refractivity contribution in [2.24, 2.45) is 0 Å². The number of thiophene rings is 1. The highest BCUT2D eigenvalue weighted by Crippen LogP contribution is 2.28. The smallest absolute Gasteiger partial charge is 0.169 e. The molecule has 0 fully saturated rings. The van der Waals surface area contributed by atoms with Crippen LogP contribution in [0.3, 0.4) is 0 Å². The number of hydrogen-bond acceptors (Lipinski definition) is 4. The van der Waals surface area contributed by atoms with Gasteiger partial charge in [0, 0.05) is 0 Å². The predicted molar refractivity (Wildman–Crippen MR) is 59.5 cm³/mol. The molecule has 2 N–H and O–H groups in total. The first kappa shape index (κ1) is 9.43. The van der Waals surface area contributed by atoms with Gasteiger partial charge in [-0.2, -0.15) is 0 Å². The van der Waals surface area contributed by atoms with Crippen LogP contribution >= 0.6 is 22.9 Å². The second-order valence-corrected chi connectivity index (χ2v) is 4.55. The Labute approximate surface area is 90.6 Å².